The van der Waals surface area contributed by atoms with Gasteiger partial charge in [0.1, 0.15) is 5.82 Å². The highest BCUT2D eigenvalue weighted by Crippen LogP contribution is 2.25. The van der Waals surface area contributed by atoms with Crippen molar-refractivity contribution in [2.45, 2.75) is 4.90 Å². The fraction of sp³-hybridized carbons (Fsp3) is 0.250. The predicted octanol–water partition coefficient (Wildman–Crippen LogP) is 2.29. The van der Waals surface area contributed by atoms with E-state index in [-0.39, 0.29) is 35.8 Å². The first kappa shape index (κ1) is 30.0. The van der Waals surface area contributed by atoms with Gasteiger partial charge in [0.25, 0.3) is 5.91 Å². The summed E-state index contributed by atoms with van der Waals surface area (Å²) in [5.41, 5.74) is 7.22. The molecule has 1 aliphatic rings. The Morgan fingerprint density at radius 2 is 1.66 bits per heavy atom. The first-order valence-corrected chi connectivity index (χ1v) is 15.9. The standard InChI is InChI=1S/C28H30FN5O5S2/c1-32(40(2,36)37)27-8-4-3-7-26(27)28(35)31-23-9-11-25(12-10-23)41(38,39)34-16-14-33(15-17-34)24-19-21(6-5-13-30)18-22(29)20-24/h3-4,7-12,18-20H,13-17,30H2,1-2H3,(H,31,35). The fourth-order valence-corrected chi connectivity index (χ4v) is 6.28. The van der Waals surface area contributed by atoms with Gasteiger partial charge in [-0.05, 0) is 54.6 Å². The highest BCUT2D eigenvalue weighted by atomic mass is 32.2. The summed E-state index contributed by atoms with van der Waals surface area (Å²) in [7, 11) is -6.05. The number of nitrogens with zero attached hydrogens (tertiary/aromatic N) is 3. The van der Waals surface area contributed by atoms with E-state index >= 15 is 0 Å². The molecule has 0 radical (unpaired) electrons. The third-order valence-electron chi connectivity index (χ3n) is 6.56. The second kappa shape index (κ2) is 12.3. The van der Waals surface area contributed by atoms with Gasteiger partial charge in [0.15, 0.2) is 0 Å². The van der Waals surface area contributed by atoms with Crippen LogP contribution in [0.4, 0.5) is 21.5 Å². The van der Waals surface area contributed by atoms with Gasteiger partial charge in [0.05, 0.1) is 28.9 Å². The van der Waals surface area contributed by atoms with Gasteiger partial charge in [0, 0.05) is 50.2 Å². The second-order valence-corrected chi connectivity index (χ2v) is 13.3. The second-order valence-electron chi connectivity index (χ2n) is 9.32. The van der Waals surface area contributed by atoms with E-state index in [0.29, 0.717) is 30.0 Å². The molecule has 1 saturated heterocycles. The van der Waals surface area contributed by atoms with Gasteiger partial charge in [-0.3, -0.25) is 9.10 Å². The Kier molecular flexibility index (Phi) is 8.98. The van der Waals surface area contributed by atoms with E-state index in [1.165, 1.54) is 59.9 Å². The number of hydrogen-bond donors (Lipinski definition) is 2. The van der Waals surface area contributed by atoms with Crippen molar-refractivity contribution in [2.75, 3.05) is 60.5 Å². The van der Waals surface area contributed by atoms with Crippen molar-refractivity contribution in [3.63, 3.8) is 0 Å². The van der Waals surface area contributed by atoms with Gasteiger partial charge in [-0.1, -0.05) is 24.0 Å². The minimum absolute atomic E-state index is 0.0614. The lowest BCUT2D eigenvalue weighted by atomic mass is 10.1. The topological polar surface area (TPSA) is 133 Å². The van der Waals surface area contributed by atoms with Gasteiger partial charge in [-0.15, -0.1) is 0 Å². The molecule has 0 aliphatic carbocycles. The maximum Gasteiger partial charge on any atom is 0.257 e. The van der Waals surface area contributed by atoms with Crippen molar-refractivity contribution < 1.29 is 26.0 Å². The molecule has 0 saturated carbocycles. The molecule has 216 valence electrons. The van der Waals surface area contributed by atoms with Crippen LogP contribution in [0.3, 0.4) is 0 Å². The van der Waals surface area contributed by atoms with Crippen LogP contribution in [0.25, 0.3) is 0 Å². The van der Waals surface area contributed by atoms with E-state index in [1.807, 2.05) is 4.90 Å². The van der Waals surface area contributed by atoms with Gasteiger partial charge < -0.3 is 16.0 Å². The Bertz CT molecular complexity index is 1710. The summed E-state index contributed by atoms with van der Waals surface area (Å²) < 4.78 is 67.1. The summed E-state index contributed by atoms with van der Waals surface area (Å²) in [6.07, 6.45) is 1.04. The van der Waals surface area contributed by atoms with Crippen molar-refractivity contribution >= 4 is 43.0 Å². The molecule has 1 amide bonds. The number of amides is 1. The Hall–Kier alpha value is -3.96. The van der Waals surface area contributed by atoms with Crippen LogP contribution in [0.2, 0.25) is 0 Å². The maximum absolute atomic E-state index is 14.1. The van der Waals surface area contributed by atoms with Crippen LogP contribution in [0.15, 0.2) is 71.6 Å². The number of carbonyl (C=O) groups is 1. The number of rotatable bonds is 7. The van der Waals surface area contributed by atoms with Crippen molar-refractivity contribution in [2.24, 2.45) is 5.73 Å². The van der Waals surface area contributed by atoms with Crippen LogP contribution in [-0.4, -0.2) is 73.1 Å². The van der Waals surface area contributed by atoms with Crippen LogP contribution in [-0.2, 0) is 20.0 Å². The number of halogens is 1. The Morgan fingerprint density at radius 1 is 1.00 bits per heavy atom. The Morgan fingerprint density at radius 3 is 2.29 bits per heavy atom. The zero-order valence-corrected chi connectivity index (χ0v) is 24.2. The summed E-state index contributed by atoms with van der Waals surface area (Å²) >= 11 is 0. The van der Waals surface area contributed by atoms with E-state index in [2.05, 4.69) is 17.2 Å². The highest BCUT2D eigenvalue weighted by Gasteiger charge is 2.29. The monoisotopic (exact) mass is 599 g/mol. The average molecular weight is 600 g/mol. The van der Waals surface area contributed by atoms with Gasteiger partial charge in [0.2, 0.25) is 20.0 Å². The van der Waals surface area contributed by atoms with Crippen LogP contribution < -0.4 is 20.3 Å². The van der Waals surface area contributed by atoms with Crippen LogP contribution >= 0.6 is 0 Å². The summed E-state index contributed by atoms with van der Waals surface area (Å²) in [4.78, 5) is 14.9. The average Bonchev–Trinajstić information content (AvgIpc) is 2.95. The summed E-state index contributed by atoms with van der Waals surface area (Å²) in [5.74, 6) is 4.54. The summed E-state index contributed by atoms with van der Waals surface area (Å²) in [6.45, 7) is 1.29. The van der Waals surface area contributed by atoms with Crippen molar-refractivity contribution in [3.8, 4) is 11.8 Å². The molecule has 1 fully saturated rings. The minimum Gasteiger partial charge on any atom is -0.369 e. The van der Waals surface area contributed by atoms with Crippen LogP contribution in [0, 0.1) is 17.7 Å². The van der Waals surface area contributed by atoms with Gasteiger partial charge in [-0.25, -0.2) is 21.2 Å². The van der Waals surface area contributed by atoms with Crippen molar-refractivity contribution in [1.82, 2.24) is 4.31 Å². The molecular formula is C28H30FN5O5S2. The third-order valence-corrected chi connectivity index (χ3v) is 9.66. The molecule has 1 heterocycles. The van der Waals surface area contributed by atoms with Crippen LogP contribution in [0.1, 0.15) is 15.9 Å². The van der Waals surface area contributed by atoms with E-state index in [9.17, 15) is 26.0 Å². The number of nitrogens with one attached hydrogen (secondary N) is 1. The number of para-hydroxylation sites is 1. The number of benzene rings is 3. The summed E-state index contributed by atoms with van der Waals surface area (Å²) in [5, 5.41) is 2.69. The molecule has 3 aromatic rings. The molecule has 3 aromatic carbocycles. The van der Waals surface area contributed by atoms with E-state index in [1.54, 1.807) is 18.2 Å². The molecule has 3 N–H and O–H groups in total. The van der Waals surface area contributed by atoms with Crippen LogP contribution in [0.5, 0.6) is 0 Å². The first-order chi connectivity index (χ1) is 19.4. The lowest BCUT2D eigenvalue weighted by Crippen LogP contribution is -2.48. The smallest absolute Gasteiger partial charge is 0.257 e. The quantitative estimate of drug-likeness (QED) is 0.398. The zero-order valence-electron chi connectivity index (χ0n) is 22.5. The van der Waals surface area contributed by atoms with Gasteiger partial charge >= 0.3 is 0 Å². The fourth-order valence-electron chi connectivity index (χ4n) is 4.35. The molecule has 0 spiro atoms. The van der Waals surface area contributed by atoms with Crippen molar-refractivity contribution in [3.05, 3.63) is 83.7 Å². The largest absolute Gasteiger partial charge is 0.369 e. The molecule has 10 nitrogen and oxygen atoms in total. The van der Waals surface area contributed by atoms with E-state index < -0.39 is 31.8 Å². The van der Waals surface area contributed by atoms with E-state index in [4.69, 9.17) is 5.73 Å². The minimum atomic E-state index is -3.82. The molecular weight excluding hydrogens is 569 g/mol. The number of carbonyl (C=O) groups excluding carboxylic acids is 1. The maximum atomic E-state index is 14.1. The van der Waals surface area contributed by atoms with Crippen molar-refractivity contribution in [1.29, 1.82) is 0 Å². The molecule has 0 bridgehead atoms. The molecule has 1 aliphatic heterocycles. The lowest BCUT2D eigenvalue weighted by Gasteiger charge is -2.35. The molecule has 0 aromatic heterocycles. The number of anilines is 3. The molecule has 0 unspecified atom stereocenters. The molecule has 13 heteroatoms. The third kappa shape index (κ3) is 7.04. The van der Waals surface area contributed by atoms with Gasteiger partial charge in [-0.2, -0.15) is 4.31 Å². The number of sulfonamides is 2. The predicted molar refractivity (Wildman–Crippen MR) is 157 cm³/mol. The summed E-state index contributed by atoms with van der Waals surface area (Å²) in [6, 6.07) is 16.5. The molecule has 0 atom stereocenters. The van der Waals surface area contributed by atoms with E-state index in [0.717, 1.165) is 10.6 Å². The Balaban J connectivity index is 1.43. The number of hydrogen-bond acceptors (Lipinski definition) is 7. The number of piperazine rings is 1. The first-order valence-electron chi connectivity index (χ1n) is 12.6. The molecule has 41 heavy (non-hydrogen) atoms. The lowest BCUT2D eigenvalue weighted by molar-refractivity contribution is 0.102. The zero-order chi connectivity index (χ0) is 29.8. The Labute approximate surface area is 239 Å². The highest BCUT2D eigenvalue weighted by molar-refractivity contribution is 7.92. The number of nitrogens with two attached hydrogens (primary N) is 1. The SMILES string of the molecule is CN(c1ccccc1C(=O)Nc1ccc(S(=O)(=O)N2CCN(c3cc(F)cc(C#CCN)c3)CC2)cc1)S(C)(=O)=O. The normalized spacial score (nSPS) is 14.2. The molecule has 4 rings (SSSR count).